The average molecular weight is 299 g/mol. The highest BCUT2D eigenvalue weighted by Gasteiger charge is 2.22. The summed E-state index contributed by atoms with van der Waals surface area (Å²) >= 11 is 2.05. The number of nitrogens with zero attached hydrogens (tertiary/aromatic N) is 3. The molecule has 0 amide bonds. The second-order valence-corrected chi connectivity index (χ2v) is 6.84. The predicted molar refractivity (Wildman–Crippen MR) is 85.1 cm³/mol. The molecule has 1 aliphatic heterocycles. The highest BCUT2D eigenvalue weighted by molar-refractivity contribution is 8.00. The van der Waals surface area contributed by atoms with Crippen molar-refractivity contribution >= 4 is 22.9 Å². The van der Waals surface area contributed by atoms with Gasteiger partial charge >= 0.3 is 0 Å². The fraction of sp³-hybridized carbons (Fsp3) is 0.375. The molecule has 1 fully saturated rings. The van der Waals surface area contributed by atoms with Crippen molar-refractivity contribution in [3.8, 4) is 5.88 Å². The van der Waals surface area contributed by atoms with E-state index in [0.717, 1.165) is 35.1 Å². The van der Waals surface area contributed by atoms with Crippen molar-refractivity contribution in [2.45, 2.75) is 31.4 Å². The molecule has 0 N–H and O–H groups in total. The average Bonchev–Trinajstić information content (AvgIpc) is 3.18. The van der Waals surface area contributed by atoms with E-state index in [1.54, 1.807) is 0 Å². The van der Waals surface area contributed by atoms with Crippen molar-refractivity contribution in [3.05, 3.63) is 42.0 Å². The third kappa shape index (κ3) is 2.35. The van der Waals surface area contributed by atoms with Crippen LogP contribution in [-0.2, 0) is 6.42 Å². The van der Waals surface area contributed by atoms with E-state index in [0.29, 0.717) is 5.25 Å². The quantitative estimate of drug-likeness (QED) is 0.738. The van der Waals surface area contributed by atoms with Crippen molar-refractivity contribution in [1.82, 2.24) is 14.5 Å². The monoisotopic (exact) mass is 299 g/mol. The molecule has 0 bridgehead atoms. The minimum Gasteiger partial charge on any atom is -0.445 e. The molecule has 1 saturated heterocycles. The van der Waals surface area contributed by atoms with Crippen molar-refractivity contribution in [3.63, 3.8) is 0 Å². The second-order valence-electron chi connectivity index (χ2n) is 5.43. The Kier molecular flexibility index (Phi) is 3.22. The number of imidazole rings is 1. The molecule has 4 nitrogen and oxygen atoms in total. The van der Waals surface area contributed by atoms with Crippen LogP contribution in [-0.4, -0.2) is 25.5 Å². The van der Waals surface area contributed by atoms with Gasteiger partial charge in [0.05, 0.1) is 0 Å². The molecule has 108 valence electrons. The molecule has 4 heterocycles. The summed E-state index contributed by atoms with van der Waals surface area (Å²) in [6.07, 6.45) is 5.37. The van der Waals surface area contributed by atoms with Crippen LogP contribution in [0, 0.1) is 6.92 Å². The van der Waals surface area contributed by atoms with Gasteiger partial charge in [0.2, 0.25) is 5.88 Å². The fourth-order valence-electron chi connectivity index (χ4n) is 2.88. The Morgan fingerprint density at radius 3 is 3.10 bits per heavy atom. The molecule has 0 spiro atoms. The zero-order valence-electron chi connectivity index (χ0n) is 12.0. The molecule has 4 rings (SSSR count). The van der Waals surface area contributed by atoms with E-state index < -0.39 is 0 Å². The van der Waals surface area contributed by atoms with Gasteiger partial charge in [-0.1, -0.05) is 0 Å². The molecule has 0 saturated carbocycles. The number of aromatic nitrogens is 3. The standard InChI is InChI=1S/C16H17N3OS/c1-11-6-7-15(20-11)19-14(10-12-4-3-9-21-12)18-13-5-2-8-17-16(13)19/h2,5-8,12H,3-4,9-10H2,1H3. The van der Waals surface area contributed by atoms with Crippen LogP contribution in [0.25, 0.3) is 17.0 Å². The Bertz CT molecular complexity index is 771. The summed E-state index contributed by atoms with van der Waals surface area (Å²) in [6, 6.07) is 7.93. The first-order valence-electron chi connectivity index (χ1n) is 7.32. The normalized spacial score (nSPS) is 18.6. The van der Waals surface area contributed by atoms with Crippen molar-refractivity contribution in [2.24, 2.45) is 0 Å². The molecular formula is C16H17N3OS. The van der Waals surface area contributed by atoms with Gasteiger partial charge in [0.25, 0.3) is 0 Å². The van der Waals surface area contributed by atoms with E-state index in [4.69, 9.17) is 9.40 Å². The number of aryl methyl sites for hydroxylation is 1. The van der Waals surface area contributed by atoms with E-state index in [9.17, 15) is 0 Å². The maximum Gasteiger partial charge on any atom is 0.206 e. The number of pyridine rings is 1. The number of hydrogen-bond donors (Lipinski definition) is 0. The third-order valence-electron chi connectivity index (χ3n) is 3.87. The Morgan fingerprint density at radius 1 is 1.38 bits per heavy atom. The number of fused-ring (bicyclic) bond motifs is 1. The van der Waals surface area contributed by atoms with Crippen molar-refractivity contribution in [2.75, 3.05) is 5.75 Å². The number of furan rings is 1. The summed E-state index contributed by atoms with van der Waals surface area (Å²) in [6.45, 7) is 1.96. The first-order valence-corrected chi connectivity index (χ1v) is 8.37. The molecular weight excluding hydrogens is 282 g/mol. The van der Waals surface area contributed by atoms with Gasteiger partial charge in [-0.05, 0) is 43.7 Å². The lowest BCUT2D eigenvalue weighted by Gasteiger charge is -2.09. The largest absolute Gasteiger partial charge is 0.445 e. The fourth-order valence-corrected chi connectivity index (χ4v) is 4.15. The molecule has 21 heavy (non-hydrogen) atoms. The summed E-state index contributed by atoms with van der Waals surface area (Å²) in [5, 5.41) is 0.664. The zero-order chi connectivity index (χ0) is 14.2. The van der Waals surface area contributed by atoms with Gasteiger partial charge in [0.1, 0.15) is 17.1 Å². The number of hydrogen-bond acceptors (Lipinski definition) is 4. The Hall–Kier alpha value is -1.75. The first kappa shape index (κ1) is 13.0. The van der Waals surface area contributed by atoms with E-state index in [-0.39, 0.29) is 0 Å². The van der Waals surface area contributed by atoms with E-state index in [1.165, 1.54) is 18.6 Å². The summed E-state index contributed by atoms with van der Waals surface area (Å²) in [5.41, 5.74) is 1.81. The molecule has 5 heteroatoms. The van der Waals surface area contributed by atoms with Gasteiger partial charge in [-0.25, -0.2) is 14.5 Å². The minimum atomic E-state index is 0.664. The van der Waals surface area contributed by atoms with Crippen LogP contribution in [0.15, 0.2) is 34.9 Å². The van der Waals surface area contributed by atoms with Crippen LogP contribution >= 0.6 is 11.8 Å². The lowest BCUT2D eigenvalue weighted by atomic mass is 10.2. The van der Waals surface area contributed by atoms with Crippen LogP contribution in [0.4, 0.5) is 0 Å². The van der Waals surface area contributed by atoms with Gasteiger partial charge < -0.3 is 4.42 Å². The lowest BCUT2D eigenvalue weighted by Crippen LogP contribution is -2.08. The Balaban J connectivity index is 1.84. The maximum absolute atomic E-state index is 5.82. The van der Waals surface area contributed by atoms with Crippen LogP contribution in [0.1, 0.15) is 24.4 Å². The smallest absolute Gasteiger partial charge is 0.206 e. The van der Waals surface area contributed by atoms with Gasteiger partial charge in [0.15, 0.2) is 5.65 Å². The second kappa shape index (κ2) is 5.22. The Labute approximate surface area is 127 Å². The lowest BCUT2D eigenvalue weighted by molar-refractivity contribution is 0.507. The van der Waals surface area contributed by atoms with E-state index >= 15 is 0 Å². The molecule has 1 atom stereocenters. The minimum absolute atomic E-state index is 0.664. The van der Waals surface area contributed by atoms with Crippen molar-refractivity contribution in [1.29, 1.82) is 0 Å². The summed E-state index contributed by atoms with van der Waals surface area (Å²) in [4.78, 5) is 9.28. The molecule has 0 aliphatic carbocycles. The molecule has 0 aromatic carbocycles. The molecule has 0 radical (unpaired) electrons. The zero-order valence-corrected chi connectivity index (χ0v) is 12.8. The summed E-state index contributed by atoms with van der Waals surface area (Å²) in [7, 11) is 0. The van der Waals surface area contributed by atoms with Crippen LogP contribution in [0.5, 0.6) is 0 Å². The van der Waals surface area contributed by atoms with Gasteiger partial charge in [-0.15, -0.1) is 0 Å². The van der Waals surface area contributed by atoms with Crippen LogP contribution < -0.4 is 0 Å². The topological polar surface area (TPSA) is 43.9 Å². The summed E-state index contributed by atoms with van der Waals surface area (Å²) < 4.78 is 7.89. The first-order chi connectivity index (χ1) is 10.3. The number of thioether (sulfide) groups is 1. The van der Waals surface area contributed by atoms with Gasteiger partial charge in [0, 0.05) is 23.9 Å². The predicted octanol–water partition coefficient (Wildman–Crippen LogP) is 3.76. The Morgan fingerprint density at radius 2 is 2.33 bits per heavy atom. The maximum atomic E-state index is 5.82. The van der Waals surface area contributed by atoms with Crippen LogP contribution in [0.3, 0.4) is 0 Å². The van der Waals surface area contributed by atoms with Crippen molar-refractivity contribution < 1.29 is 4.42 Å². The molecule has 3 aromatic heterocycles. The molecule has 1 aliphatic rings. The summed E-state index contributed by atoms with van der Waals surface area (Å²) in [5.74, 6) is 4.04. The number of rotatable bonds is 3. The highest BCUT2D eigenvalue weighted by atomic mass is 32.2. The third-order valence-corrected chi connectivity index (χ3v) is 5.26. The van der Waals surface area contributed by atoms with E-state index in [2.05, 4.69) is 21.3 Å². The molecule has 3 aromatic rings. The molecule has 1 unspecified atom stereocenters. The van der Waals surface area contributed by atoms with Crippen LogP contribution in [0.2, 0.25) is 0 Å². The van der Waals surface area contributed by atoms with Gasteiger partial charge in [-0.2, -0.15) is 11.8 Å². The highest BCUT2D eigenvalue weighted by Crippen LogP contribution is 2.30. The van der Waals surface area contributed by atoms with Gasteiger partial charge in [-0.3, -0.25) is 0 Å². The SMILES string of the molecule is Cc1ccc(-n2c(CC3CCCS3)nc3cccnc32)o1. The van der Waals surface area contributed by atoms with E-state index in [1.807, 2.05) is 37.4 Å².